The van der Waals surface area contributed by atoms with E-state index >= 15 is 0 Å². The first kappa shape index (κ1) is 10.8. The van der Waals surface area contributed by atoms with E-state index in [1.807, 2.05) is 0 Å². The van der Waals surface area contributed by atoms with Crippen molar-refractivity contribution < 1.29 is 6.22 Å². The van der Waals surface area contributed by atoms with Crippen LogP contribution in [0.5, 0.6) is 0 Å². The molecular formula is C7H9ClN4OS. The van der Waals surface area contributed by atoms with Gasteiger partial charge in [0.25, 0.3) is 5.91 Å². The lowest BCUT2D eigenvalue weighted by atomic mass is 10.6. The summed E-state index contributed by atoms with van der Waals surface area (Å²) in [5.41, 5.74) is 0.658. The Bertz CT molecular complexity index is 430. The summed E-state index contributed by atoms with van der Waals surface area (Å²) in [4.78, 5) is 23.8. The van der Waals surface area contributed by atoms with Gasteiger partial charge >= 0.3 is 0 Å². The number of carbonyl (C=O) groups excluding carboxylic acids is 1. The fraction of sp³-hybridized carbons (Fsp3) is 0.143. The zero-order valence-corrected chi connectivity index (χ0v) is 8.85. The van der Waals surface area contributed by atoms with E-state index in [-0.39, 0.29) is 19.7 Å². The van der Waals surface area contributed by atoms with E-state index in [1.54, 1.807) is 13.2 Å². The van der Waals surface area contributed by atoms with Gasteiger partial charge in [-0.15, -0.1) is 12.4 Å². The minimum atomic E-state index is -0.192. The summed E-state index contributed by atoms with van der Waals surface area (Å²) in [5.74, 6) is -0.192. The van der Waals surface area contributed by atoms with Crippen molar-refractivity contribution in [3.63, 3.8) is 0 Å². The van der Waals surface area contributed by atoms with Crippen LogP contribution in [0.1, 0.15) is 11.2 Å². The number of amides is 1. The highest BCUT2D eigenvalue weighted by Gasteiger charge is 2.10. The lowest BCUT2D eigenvalue weighted by molar-refractivity contribution is 0.0963. The summed E-state index contributed by atoms with van der Waals surface area (Å²) in [5, 5.41) is 2.92. The standard InChI is InChI=1S/C7H6N4OS.ClH.H2/c1-8-5(12)7-11-4-2-9-3-10-6(4)13-7;;/h2-3H,1H3,(H,8,12);2*1H. The Morgan fingerprint density at radius 1 is 1.64 bits per heavy atom. The van der Waals surface area contributed by atoms with Crippen LogP contribution >= 0.6 is 23.7 Å². The van der Waals surface area contributed by atoms with Crippen LogP contribution in [0.3, 0.4) is 0 Å². The van der Waals surface area contributed by atoms with Crippen LogP contribution in [0, 0.1) is 0 Å². The van der Waals surface area contributed by atoms with Gasteiger partial charge in [0.05, 0.1) is 6.20 Å². The minimum absolute atomic E-state index is 0. The quantitative estimate of drug-likeness (QED) is 0.800. The molecule has 2 heterocycles. The van der Waals surface area contributed by atoms with Gasteiger partial charge in [-0.25, -0.2) is 15.0 Å². The molecule has 1 amide bonds. The highest BCUT2D eigenvalue weighted by atomic mass is 35.5. The molecule has 76 valence electrons. The molecule has 0 saturated heterocycles. The minimum Gasteiger partial charge on any atom is -0.353 e. The molecule has 0 fully saturated rings. The predicted molar refractivity (Wildman–Crippen MR) is 58.0 cm³/mol. The second kappa shape index (κ2) is 4.30. The van der Waals surface area contributed by atoms with E-state index < -0.39 is 0 Å². The van der Waals surface area contributed by atoms with Gasteiger partial charge in [-0.1, -0.05) is 11.3 Å². The van der Waals surface area contributed by atoms with Crippen LogP contribution in [-0.4, -0.2) is 27.9 Å². The number of hydrogen-bond acceptors (Lipinski definition) is 5. The number of halogens is 1. The van der Waals surface area contributed by atoms with Gasteiger partial charge < -0.3 is 5.32 Å². The molecule has 2 rings (SSSR count). The van der Waals surface area contributed by atoms with Crippen LogP contribution in [0.15, 0.2) is 12.5 Å². The van der Waals surface area contributed by atoms with E-state index in [1.165, 1.54) is 17.7 Å². The maximum Gasteiger partial charge on any atom is 0.280 e. The van der Waals surface area contributed by atoms with Crippen LogP contribution in [0.2, 0.25) is 0 Å². The number of nitrogens with one attached hydrogen (secondary N) is 1. The van der Waals surface area contributed by atoms with Crippen LogP contribution in [0.4, 0.5) is 0 Å². The van der Waals surface area contributed by atoms with E-state index in [9.17, 15) is 4.79 Å². The topological polar surface area (TPSA) is 67.8 Å². The molecule has 0 bridgehead atoms. The Morgan fingerprint density at radius 2 is 2.43 bits per heavy atom. The average molecular weight is 233 g/mol. The normalized spacial score (nSPS) is 9.50. The van der Waals surface area contributed by atoms with Crippen molar-refractivity contribution in [3.05, 3.63) is 17.5 Å². The molecule has 2 aromatic heterocycles. The van der Waals surface area contributed by atoms with Crippen molar-refractivity contribution in [1.29, 1.82) is 0 Å². The summed E-state index contributed by atoms with van der Waals surface area (Å²) < 4.78 is 0. The molecule has 0 radical (unpaired) electrons. The fourth-order valence-electron chi connectivity index (χ4n) is 0.894. The first-order valence-corrected chi connectivity index (χ1v) is 4.41. The average Bonchev–Trinajstić information content (AvgIpc) is 2.59. The number of carbonyl (C=O) groups is 1. The molecule has 0 saturated carbocycles. The van der Waals surface area contributed by atoms with Crippen LogP contribution in [-0.2, 0) is 0 Å². The third-order valence-electron chi connectivity index (χ3n) is 1.49. The molecule has 14 heavy (non-hydrogen) atoms. The molecule has 0 aliphatic rings. The Hall–Kier alpha value is -1.27. The van der Waals surface area contributed by atoms with E-state index in [4.69, 9.17) is 0 Å². The molecule has 0 aliphatic heterocycles. The molecule has 0 unspecified atom stereocenters. The smallest absolute Gasteiger partial charge is 0.280 e. The Kier molecular flexibility index (Phi) is 3.32. The fourth-order valence-corrected chi connectivity index (χ4v) is 1.72. The molecular weight excluding hydrogens is 224 g/mol. The van der Waals surface area contributed by atoms with Crippen molar-refractivity contribution in [1.82, 2.24) is 20.3 Å². The highest BCUT2D eigenvalue weighted by Crippen LogP contribution is 2.17. The Labute approximate surface area is 91.5 Å². The maximum absolute atomic E-state index is 11.2. The predicted octanol–water partition coefficient (Wildman–Crippen LogP) is 1.11. The third-order valence-corrected chi connectivity index (χ3v) is 2.47. The zero-order chi connectivity index (χ0) is 9.26. The SMILES string of the molecule is CNC(=O)c1nc2cncnc2s1.Cl.[HH]. The van der Waals surface area contributed by atoms with Gasteiger partial charge in [0.1, 0.15) is 16.7 Å². The van der Waals surface area contributed by atoms with E-state index in [0.29, 0.717) is 10.5 Å². The van der Waals surface area contributed by atoms with Crippen molar-refractivity contribution >= 4 is 40.0 Å². The second-order valence-corrected chi connectivity index (χ2v) is 3.29. The molecule has 0 aliphatic carbocycles. The third kappa shape index (κ3) is 1.80. The first-order chi connectivity index (χ1) is 6.31. The molecule has 0 atom stereocenters. The number of rotatable bonds is 1. The molecule has 1 N–H and O–H groups in total. The Morgan fingerprint density at radius 3 is 3.07 bits per heavy atom. The van der Waals surface area contributed by atoms with Gasteiger partial charge in [0.15, 0.2) is 5.01 Å². The van der Waals surface area contributed by atoms with Gasteiger partial charge in [-0.3, -0.25) is 4.79 Å². The summed E-state index contributed by atoms with van der Waals surface area (Å²) in [6.45, 7) is 0. The molecule has 7 heteroatoms. The summed E-state index contributed by atoms with van der Waals surface area (Å²) in [6.07, 6.45) is 3.03. The molecule has 2 aromatic rings. The maximum atomic E-state index is 11.2. The second-order valence-electron chi connectivity index (χ2n) is 2.31. The molecule has 5 nitrogen and oxygen atoms in total. The summed E-state index contributed by atoms with van der Waals surface area (Å²) >= 11 is 1.26. The van der Waals surface area contributed by atoms with Gasteiger partial charge in [-0.05, 0) is 0 Å². The van der Waals surface area contributed by atoms with Crippen LogP contribution in [0.25, 0.3) is 10.3 Å². The number of aromatic nitrogens is 3. The highest BCUT2D eigenvalue weighted by molar-refractivity contribution is 7.19. The lowest BCUT2D eigenvalue weighted by Crippen LogP contribution is -2.17. The molecule has 0 aromatic carbocycles. The number of thiazole rings is 1. The van der Waals surface area contributed by atoms with Crippen molar-refractivity contribution in [2.24, 2.45) is 0 Å². The van der Waals surface area contributed by atoms with Gasteiger partial charge in [0.2, 0.25) is 0 Å². The van der Waals surface area contributed by atoms with Gasteiger partial charge in [0, 0.05) is 8.47 Å². The van der Waals surface area contributed by atoms with Crippen molar-refractivity contribution in [2.45, 2.75) is 0 Å². The molecule has 0 spiro atoms. The van der Waals surface area contributed by atoms with Gasteiger partial charge in [-0.2, -0.15) is 0 Å². The largest absolute Gasteiger partial charge is 0.353 e. The number of fused-ring (bicyclic) bond motifs is 1. The van der Waals surface area contributed by atoms with E-state index in [0.717, 1.165) is 4.83 Å². The monoisotopic (exact) mass is 232 g/mol. The number of nitrogens with zero attached hydrogens (tertiary/aromatic N) is 3. The first-order valence-electron chi connectivity index (χ1n) is 3.60. The van der Waals surface area contributed by atoms with Crippen molar-refractivity contribution in [3.8, 4) is 0 Å². The Balaban J connectivity index is 0.000000980. The zero-order valence-electron chi connectivity index (χ0n) is 7.22. The summed E-state index contributed by atoms with van der Waals surface area (Å²) in [6, 6.07) is 0. The van der Waals surface area contributed by atoms with E-state index in [2.05, 4.69) is 20.3 Å². The summed E-state index contributed by atoms with van der Waals surface area (Å²) in [7, 11) is 1.57. The van der Waals surface area contributed by atoms with Crippen molar-refractivity contribution in [2.75, 3.05) is 7.05 Å². The van der Waals surface area contributed by atoms with Crippen LogP contribution < -0.4 is 5.32 Å². The lowest BCUT2D eigenvalue weighted by Gasteiger charge is -1.89. The number of hydrogen-bond donors (Lipinski definition) is 1.